The maximum absolute atomic E-state index is 12.4. The molecule has 1 N–H and O–H groups in total. The number of para-hydroxylation sites is 1. The lowest BCUT2D eigenvalue weighted by molar-refractivity contribution is -0.119. The van der Waals surface area contributed by atoms with Crippen molar-refractivity contribution in [1.29, 1.82) is 0 Å². The summed E-state index contributed by atoms with van der Waals surface area (Å²) in [6.07, 6.45) is 0. The van der Waals surface area contributed by atoms with Crippen molar-refractivity contribution in [2.45, 2.75) is 13.5 Å². The highest BCUT2D eigenvalue weighted by Gasteiger charge is 2.23. The largest absolute Gasteiger partial charge is 0.488 e. The van der Waals surface area contributed by atoms with Gasteiger partial charge < -0.3 is 14.8 Å². The molecule has 1 aliphatic heterocycles. The zero-order valence-electron chi connectivity index (χ0n) is 15.0. The summed E-state index contributed by atoms with van der Waals surface area (Å²) in [6, 6.07) is 14.7. The molecule has 0 aliphatic carbocycles. The SMILES string of the molecule is Cc1ccc(NC(=O)COC(=O)c2cc3c(s2)-c2ccccc2OC3)cc1Cl. The molecule has 0 radical (unpaired) electrons. The van der Waals surface area contributed by atoms with E-state index in [9.17, 15) is 9.59 Å². The predicted molar refractivity (Wildman–Crippen MR) is 109 cm³/mol. The normalized spacial score (nSPS) is 11.8. The number of rotatable bonds is 4. The molecule has 0 bridgehead atoms. The number of amides is 1. The number of carbonyl (C=O) groups is 2. The van der Waals surface area contributed by atoms with Crippen LogP contribution in [0.2, 0.25) is 5.02 Å². The number of aryl methyl sites for hydroxylation is 1. The molecule has 7 heteroatoms. The van der Waals surface area contributed by atoms with Gasteiger partial charge >= 0.3 is 5.97 Å². The molecule has 142 valence electrons. The van der Waals surface area contributed by atoms with Crippen molar-refractivity contribution < 1.29 is 19.1 Å². The van der Waals surface area contributed by atoms with Crippen LogP contribution in [0.15, 0.2) is 48.5 Å². The highest BCUT2D eigenvalue weighted by Crippen LogP contribution is 2.42. The topological polar surface area (TPSA) is 64.6 Å². The molecule has 1 aliphatic rings. The molecule has 4 rings (SSSR count). The molecule has 0 fully saturated rings. The van der Waals surface area contributed by atoms with E-state index >= 15 is 0 Å². The third-order valence-corrected chi connectivity index (χ3v) is 5.91. The third kappa shape index (κ3) is 3.74. The Morgan fingerprint density at radius 1 is 1.21 bits per heavy atom. The Labute approximate surface area is 170 Å². The van der Waals surface area contributed by atoms with Crippen LogP contribution in [0.5, 0.6) is 5.75 Å². The second-order valence-electron chi connectivity index (χ2n) is 6.34. The van der Waals surface area contributed by atoms with Gasteiger partial charge in [0.15, 0.2) is 6.61 Å². The van der Waals surface area contributed by atoms with Gasteiger partial charge in [0.25, 0.3) is 5.91 Å². The molecule has 2 aromatic carbocycles. The third-order valence-electron chi connectivity index (χ3n) is 4.31. The van der Waals surface area contributed by atoms with Crippen LogP contribution in [0.1, 0.15) is 20.8 Å². The number of ether oxygens (including phenoxy) is 2. The molecule has 5 nitrogen and oxygen atoms in total. The van der Waals surface area contributed by atoms with Gasteiger partial charge in [-0.05, 0) is 42.8 Å². The Bertz CT molecular complexity index is 1080. The Hall–Kier alpha value is -2.83. The van der Waals surface area contributed by atoms with Crippen LogP contribution < -0.4 is 10.1 Å². The molecular weight excluding hydrogens is 398 g/mol. The van der Waals surface area contributed by atoms with E-state index in [1.54, 1.807) is 24.3 Å². The second-order valence-corrected chi connectivity index (χ2v) is 7.80. The zero-order chi connectivity index (χ0) is 19.7. The Morgan fingerprint density at radius 2 is 2.04 bits per heavy atom. The molecule has 3 aromatic rings. The van der Waals surface area contributed by atoms with Crippen molar-refractivity contribution in [1.82, 2.24) is 0 Å². The first-order valence-corrected chi connectivity index (χ1v) is 9.79. The number of nitrogens with one attached hydrogen (secondary N) is 1. The van der Waals surface area contributed by atoms with Crippen LogP contribution in [0.3, 0.4) is 0 Å². The van der Waals surface area contributed by atoms with Crippen molar-refractivity contribution >= 4 is 40.5 Å². The number of esters is 1. The summed E-state index contributed by atoms with van der Waals surface area (Å²) in [5.74, 6) is -0.162. The van der Waals surface area contributed by atoms with E-state index in [2.05, 4.69) is 5.32 Å². The van der Waals surface area contributed by atoms with Crippen LogP contribution in [-0.2, 0) is 16.1 Å². The van der Waals surface area contributed by atoms with Crippen LogP contribution in [0, 0.1) is 6.92 Å². The average Bonchev–Trinajstić information content (AvgIpc) is 3.14. The summed E-state index contributed by atoms with van der Waals surface area (Å²) in [7, 11) is 0. The summed E-state index contributed by atoms with van der Waals surface area (Å²) in [5, 5.41) is 3.22. The van der Waals surface area contributed by atoms with E-state index < -0.39 is 11.9 Å². The van der Waals surface area contributed by atoms with Gasteiger partial charge in [-0.2, -0.15) is 0 Å². The molecule has 1 aromatic heterocycles. The molecule has 0 saturated carbocycles. The van der Waals surface area contributed by atoms with Gasteiger partial charge in [0.2, 0.25) is 0 Å². The van der Waals surface area contributed by atoms with E-state index in [0.717, 1.165) is 27.3 Å². The first kappa shape index (κ1) is 18.5. The summed E-state index contributed by atoms with van der Waals surface area (Å²) in [6.45, 7) is 1.91. The number of halogens is 1. The fraction of sp³-hybridized carbons (Fsp3) is 0.143. The van der Waals surface area contributed by atoms with Gasteiger partial charge in [-0.15, -0.1) is 11.3 Å². The van der Waals surface area contributed by atoms with E-state index in [1.807, 2.05) is 31.2 Å². The molecule has 0 atom stereocenters. The molecule has 1 amide bonds. The number of fused-ring (bicyclic) bond motifs is 3. The van der Waals surface area contributed by atoms with Gasteiger partial charge in [-0.25, -0.2) is 4.79 Å². The van der Waals surface area contributed by atoms with Gasteiger partial charge in [0.1, 0.15) is 17.2 Å². The van der Waals surface area contributed by atoms with E-state index in [-0.39, 0.29) is 6.61 Å². The second kappa shape index (κ2) is 7.66. The maximum atomic E-state index is 12.4. The Morgan fingerprint density at radius 3 is 2.86 bits per heavy atom. The summed E-state index contributed by atoms with van der Waals surface area (Å²) < 4.78 is 10.9. The lowest BCUT2D eigenvalue weighted by atomic mass is 10.1. The first-order chi connectivity index (χ1) is 13.5. The first-order valence-electron chi connectivity index (χ1n) is 8.59. The number of carbonyl (C=O) groups excluding carboxylic acids is 2. The lowest BCUT2D eigenvalue weighted by Crippen LogP contribution is -2.20. The van der Waals surface area contributed by atoms with Crippen LogP contribution in [0.4, 0.5) is 5.69 Å². The number of hydrogen-bond acceptors (Lipinski definition) is 5. The molecular formula is C21H16ClNO4S. The quantitative estimate of drug-likeness (QED) is 0.607. The lowest BCUT2D eigenvalue weighted by Gasteiger charge is -2.16. The predicted octanol–water partition coefficient (Wildman–Crippen LogP) is 5.06. The van der Waals surface area contributed by atoms with Crippen molar-refractivity contribution in [2.75, 3.05) is 11.9 Å². The minimum atomic E-state index is -0.533. The van der Waals surface area contributed by atoms with E-state index in [0.29, 0.717) is 22.2 Å². The molecule has 0 spiro atoms. The Kier molecular flexibility index (Phi) is 5.07. The summed E-state index contributed by atoms with van der Waals surface area (Å²) in [4.78, 5) is 25.9. The van der Waals surface area contributed by atoms with Gasteiger partial charge in [-0.1, -0.05) is 29.8 Å². The molecule has 2 heterocycles. The summed E-state index contributed by atoms with van der Waals surface area (Å²) in [5.41, 5.74) is 3.37. The number of benzene rings is 2. The minimum absolute atomic E-state index is 0.375. The fourth-order valence-electron chi connectivity index (χ4n) is 2.87. The van der Waals surface area contributed by atoms with Gasteiger partial charge in [-0.3, -0.25) is 4.79 Å². The number of hydrogen-bond donors (Lipinski definition) is 1. The van der Waals surface area contributed by atoms with Crippen molar-refractivity contribution in [3.63, 3.8) is 0 Å². The molecule has 28 heavy (non-hydrogen) atoms. The van der Waals surface area contributed by atoms with E-state index in [1.165, 1.54) is 11.3 Å². The monoisotopic (exact) mass is 413 g/mol. The number of anilines is 1. The summed E-state index contributed by atoms with van der Waals surface area (Å²) >= 11 is 7.39. The van der Waals surface area contributed by atoms with Gasteiger partial charge in [0.05, 0.1) is 0 Å². The van der Waals surface area contributed by atoms with Crippen molar-refractivity contribution in [2.24, 2.45) is 0 Å². The smallest absolute Gasteiger partial charge is 0.348 e. The Balaban J connectivity index is 1.40. The van der Waals surface area contributed by atoms with Crippen molar-refractivity contribution in [3.8, 4) is 16.2 Å². The minimum Gasteiger partial charge on any atom is -0.488 e. The van der Waals surface area contributed by atoms with Crippen LogP contribution in [-0.4, -0.2) is 18.5 Å². The molecule has 0 saturated heterocycles. The highest BCUT2D eigenvalue weighted by atomic mass is 35.5. The standard InChI is InChI=1S/C21H16ClNO4S/c1-12-6-7-14(9-16(12)22)23-19(24)11-27-21(25)18-8-13-10-26-17-5-3-2-4-15(17)20(13)28-18/h2-9H,10-11H2,1H3,(H,23,24). The maximum Gasteiger partial charge on any atom is 0.348 e. The van der Waals surface area contributed by atoms with Crippen LogP contribution >= 0.6 is 22.9 Å². The zero-order valence-corrected chi connectivity index (χ0v) is 16.5. The van der Waals surface area contributed by atoms with Crippen LogP contribution in [0.25, 0.3) is 10.4 Å². The fourth-order valence-corrected chi connectivity index (χ4v) is 4.14. The van der Waals surface area contributed by atoms with E-state index in [4.69, 9.17) is 21.1 Å². The number of thiophene rings is 1. The highest BCUT2D eigenvalue weighted by molar-refractivity contribution is 7.17. The average molecular weight is 414 g/mol. The van der Waals surface area contributed by atoms with Gasteiger partial charge in [0, 0.05) is 26.7 Å². The van der Waals surface area contributed by atoms with Crippen molar-refractivity contribution in [3.05, 3.63) is 69.6 Å². The molecule has 0 unspecified atom stereocenters.